The first-order chi connectivity index (χ1) is 12.5. The SMILES string of the molecule is CN=C/C(=C\NC)c1cc(C)c(Cl)c2sc3c(c12)CN(C(=O)CN)CC3. The average Bonchev–Trinajstić information content (AvgIpc) is 3.03. The van der Waals surface area contributed by atoms with Gasteiger partial charge in [-0.1, -0.05) is 11.6 Å². The molecule has 1 aliphatic heterocycles. The van der Waals surface area contributed by atoms with Crippen molar-refractivity contribution in [2.45, 2.75) is 19.9 Å². The molecule has 1 amide bonds. The second-order valence-corrected chi connectivity index (χ2v) is 7.79. The number of allylic oxidation sites excluding steroid dienone is 1. The quantitative estimate of drug-likeness (QED) is 0.788. The van der Waals surface area contributed by atoms with Crippen molar-refractivity contribution in [1.82, 2.24) is 10.2 Å². The molecule has 7 heteroatoms. The molecule has 26 heavy (non-hydrogen) atoms. The number of benzene rings is 1. The van der Waals surface area contributed by atoms with Gasteiger partial charge in [0.15, 0.2) is 0 Å². The zero-order valence-corrected chi connectivity index (χ0v) is 16.8. The van der Waals surface area contributed by atoms with Crippen LogP contribution in [0.15, 0.2) is 17.3 Å². The minimum absolute atomic E-state index is 0.0177. The van der Waals surface area contributed by atoms with Crippen molar-refractivity contribution in [2.24, 2.45) is 10.7 Å². The standard InChI is InChI=1S/C19H23ClN4OS/c1-11-6-13(12(8-22-2)9-23-3)17-14-10-24(16(25)7-21)5-4-15(14)26-19(17)18(11)20/h6,8-9,22H,4-5,7,10,21H2,1-3H3/b12-8+,23-9?. The molecule has 0 fully saturated rings. The molecular formula is C19H23ClN4OS. The summed E-state index contributed by atoms with van der Waals surface area (Å²) in [5.74, 6) is -0.0177. The van der Waals surface area contributed by atoms with Crippen LogP contribution in [-0.4, -0.2) is 44.2 Å². The van der Waals surface area contributed by atoms with Gasteiger partial charge in [-0.15, -0.1) is 11.3 Å². The van der Waals surface area contributed by atoms with E-state index in [1.807, 2.05) is 31.3 Å². The summed E-state index contributed by atoms with van der Waals surface area (Å²) in [7, 11) is 3.63. The molecule has 1 aromatic carbocycles. The maximum atomic E-state index is 12.1. The van der Waals surface area contributed by atoms with E-state index in [1.165, 1.54) is 10.4 Å². The van der Waals surface area contributed by atoms with Gasteiger partial charge in [0.25, 0.3) is 0 Å². The van der Waals surface area contributed by atoms with Gasteiger partial charge < -0.3 is 16.0 Å². The first kappa shape index (κ1) is 18.9. The Morgan fingerprint density at radius 2 is 2.31 bits per heavy atom. The highest BCUT2D eigenvalue weighted by Crippen LogP contribution is 2.43. The molecule has 2 aromatic rings. The number of hydrogen-bond acceptors (Lipinski definition) is 5. The number of nitrogens with two attached hydrogens (primary N) is 1. The summed E-state index contributed by atoms with van der Waals surface area (Å²) in [5, 5.41) is 5.01. The van der Waals surface area contributed by atoms with Gasteiger partial charge in [-0.3, -0.25) is 9.79 Å². The summed E-state index contributed by atoms with van der Waals surface area (Å²) in [6.07, 6.45) is 4.61. The van der Waals surface area contributed by atoms with E-state index in [4.69, 9.17) is 17.3 Å². The average molecular weight is 391 g/mol. The monoisotopic (exact) mass is 390 g/mol. The first-order valence-electron chi connectivity index (χ1n) is 8.53. The molecule has 3 N–H and O–H groups in total. The lowest BCUT2D eigenvalue weighted by Gasteiger charge is -2.27. The van der Waals surface area contributed by atoms with Crippen molar-refractivity contribution >= 4 is 50.7 Å². The molecule has 0 saturated heterocycles. The number of hydrogen-bond donors (Lipinski definition) is 2. The fourth-order valence-electron chi connectivity index (χ4n) is 3.41. The zero-order valence-electron chi connectivity index (χ0n) is 15.2. The third-order valence-electron chi connectivity index (χ3n) is 4.63. The van der Waals surface area contributed by atoms with Crippen LogP contribution in [0.5, 0.6) is 0 Å². The van der Waals surface area contributed by atoms with E-state index < -0.39 is 0 Å². The van der Waals surface area contributed by atoms with Gasteiger partial charge in [0.1, 0.15) is 0 Å². The highest BCUT2D eigenvalue weighted by molar-refractivity contribution is 7.20. The van der Waals surface area contributed by atoms with Gasteiger partial charge in [-0.05, 0) is 36.1 Å². The normalized spacial score (nSPS) is 15.0. The number of amides is 1. The molecule has 0 saturated carbocycles. The third-order valence-corrected chi connectivity index (χ3v) is 6.54. The van der Waals surface area contributed by atoms with Crippen LogP contribution in [0, 0.1) is 6.92 Å². The van der Waals surface area contributed by atoms with Crippen molar-refractivity contribution in [2.75, 3.05) is 27.2 Å². The van der Waals surface area contributed by atoms with Crippen molar-refractivity contribution in [3.63, 3.8) is 0 Å². The topological polar surface area (TPSA) is 70.7 Å². The van der Waals surface area contributed by atoms with E-state index in [0.717, 1.165) is 38.2 Å². The van der Waals surface area contributed by atoms with Gasteiger partial charge in [0, 0.05) is 55.4 Å². The largest absolute Gasteiger partial charge is 0.393 e. The number of aryl methyl sites for hydroxylation is 1. The van der Waals surface area contributed by atoms with E-state index in [2.05, 4.69) is 16.4 Å². The van der Waals surface area contributed by atoms with E-state index >= 15 is 0 Å². The zero-order chi connectivity index (χ0) is 18.8. The van der Waals surface area contributed by atoms with Crippen LogP contribution in [0.4, 0.5) is 0 Å². The Morgan fingerprint density at radius 1 is 1.54 bits per heavy atom. The molecular weight excluding hydrogens is 368 g/mol. The van der Waals surface area contributed by atoms with Crippen LogP contribution < -0.4 is 11.1 Å². The first-order valence-corrected chi connectivity index (χ1v) is 9.72. The molecule has 5 nitrogen and oxygen atoms in total. The van der Waals surface area contributed by atoms with Crippen molar-refractivity contribution in [3.8, 4) is 0 Å². The third kappa shape index (κ3) is 3.24. The molecule has 0 atom stereocenters. The molecule has 2 heterocycles. The Labute approximate surface area is 162 Å². The number of nitrogens with one attached hydrogen (secondary N) is 1. The minimum Gasteiger partial charge on any atom is -0.393 e. The summed E-state index contributed by atoms with van der Waals surface area (Å²) in [5.41, 5.74) is 9.86. The van der Waals surface area contributed by atoms with Crippen molar-refractivity contribution in [3.05, 3.63) is 38.9 Å². The predicted octanol–water partition coefficient (Wildman–Crippen LogP) is 2.97. The molecule has 0 unspecified atom stereocenters. The molecule has 0 aliphatic carbocycles. The Hall–Kier alpha value is -1.89. The van der Waals surface area contributed by atoms with Gasteiger partial charge >= 0.3 is 0 Å². The Balaban J connectivity index is 2.26. The summed E-state index contributed by atoms with van der Waals surface area (Å²) in [6, 6.07) is 2.10. The molecule has 138 valence electrons. The summed E-state index contributed by atoms with van der Waals surface area (Å²) >= 11 is 8.38. The van der Waals surface area contributed by atoms with Gasteiger partial charge in [0.2, 0.25) is 5.91 Å². The molecule has 0 radical (unpaired) electrons. The van der Waals surface area contributed by atoms with Crippen molar-refractivity contribution < 1.29 is 4.79 Å². The van der Waals surface area contributed by atoms with Crippen LogP contribution in [0.25, 0.3) is 15.7 Å². The Morgan fingerprint density at radius 3 is 2.96 bits per heavy atom. The molecule has 0 bridgehead atoms. The molecule has 1 aliphatic rings. The van der Waals surface area contributed by atoms with Crippen LogP contribution in [0.1, 0.15) is 21.6 Å². The van der Waals surface area contributed by atoms with Crippen LogP contribution in [0.3, 0.4) is 0 Å². The van der Waals surface area contributed by atoms with Gasteiger partial charge in [-0.2, -0.15) is 0 Å². The molecule has 3 rings (SSSR count). The minimum atomic E-state index is -0.0177. The number of rotatable bonds is 4. The van der Waals surface area contributed by atoms with E-state index in [1.54, 1.807) is 18.4 Å². The maximum absolute atomic E-state index is 12.1. The predicted molar refractivity (Wildman–Crippen MR) is 111 cm³/mol. The number of halogens is 1. The lowest BCUT2D eigenvalue weighted by atomic mass is 9.95. The van der Waals surface area contributed by atoms with Gasteiger partial charge in [0.05, 0.1) is 16.3 Å². The fraction of sp³-hybridized carbons (Fsp3) is 0.368. The maximum Gasteiger partial charge on any atom is 0.236 e. The number of carbonyl (C=O) groups is 1. The number of fused-ring (bicyclic) bond motifs is 3. The van der Waals surface area contributed by atoms with Crippen molar-refractivity contribution in [1.29, 1.82) is 0 Å². The van der Waals surface area contributed by atoms with Crippen LogP contribution in [-0.2, 0) is 17.8 Å². The number of nitrogens with zero attached hydrogens (tertiary/aromatic N) is 2. The van der Waals surface area contributed by atoms with E-state index in [-0.39, 0.29) is 12.5 Å². The lowest BCUT2D eigenvalue weighted by molar-refractivity contribution is -0.130. The second kappa shape index (κ2) is 7.78. The molecule has 1 aromatic heterocycles. The van der Waals surface area contributed by atoms with Gasteiger partial charge in [-0.25, -0.2) is 0 Å². The highest BCUT2D eigenvalue weighted by atomic mass is 35.5. The fourth-order valence-corrected chi connectivity index (χ4v) is 4.99. The highest BCUT2D eigenvalue weighted by Gasteiger charge is 2.27. The summed E-state index contributed by atoms with van der Waals surface area (Å²) in [6.45, 7) is 3.34. The Bertz CT molecular complexity index is 916. The van der Waals surface area contributed by atoms with Crippen LogP contribution >= 0.6 is 22.9 Å². The summed E-state index contributed by atoms with van der Waals surface area (Å²) < 4.78 is 1.08. The number of carbonyl (C=O) groups excluding carboxylic acids is 1. The van der Waals surface area contributed by atoms with E-state index in [9.17, 15) is 4.79 Å². The number of thiophene rings is 1. The number of aliphatic imine (C=N–C) groups is 1. The Kier molecular flexibility index (Phi) is 5.65. The molecule has 0 spiro atoms. The van der Waals surface area contributed by atoms with Crippen LogP contribution in [0.2, 0.25) is 5.02 Å². The second-order valence-electron chi connectivity index (χ2n) is 6.31. The smallest absolute Gasteiger partial charge is 0.236 e. The lowest BCUT2D eigenvalue weighted by Crippen LogP contribution is -2.39. The van der Waals surface area contributed by atoms with E-state index in [0.29, 0.717) is 13.1 Å². The summed E-state index contributed by atoms with van der Waals surface area (Å²) in [4.78, 5) is 19.4.